The van der Waals surface area contributed by atoms with E-state index in [1.54, 1.807) is 0 Å². The summed E-state index contributed by atoms with van der Waals surface area (Å²) in [6, 6.07) is -3.68. The number of carboxylic acid groups (broad SMARTS) is 1. The number of rotatable bonds is 6. The lowest BCUT2D eigenvalue weighted by molar-refractivity contribution is -0.151. The first-order valence-corrected chi connectivity index (χ1v) is 11.2. The first-order chi connectivity index (χ1) is 15.1. The van der Waals surface area contributed by atoms with Gasteiger partial charge in [0.05, 0.1) is 6.10 Å². The standard InChI is InChI=1S/C21H32N4O7/c1-12(26)17(20(30)25-11-5-8-16(25)21(31)32)22-18(28)14-6-3-10-24(14)19(29)15-7-4-9-23(15)13(2)27/h12,14-17,26H,3-11H2,1-2H3,(H,22,28)(H,31,32)/t12-,14+,15-,16+,17+/m1/s1. The molecule has 3 N–H and O–H groups in total. The van der Waals surface area contributed by atoms with Gasteiger partial charge in [0, 0.05) is 26.6 Å². The molecule has 5 atom stereocenters. The van der Waals surface area contributed by atoms with Crippen molar-refractivity contribution in [2.45, 2.75) is 82.6 Å². The van der Waals surface area contributed by atoms with Crippen LogP contribution in [0.15, 0.2) is 0 Å². The molecular formula is C21H32N4O7. The normalized spacial score (nSPS) is 27.3. The number of aliphatic hydroxyl groups is 1. The summed E-state index contributed by atoms with van der Waals surface area (Å²) in [7, 11) is 0. The molecule has 3 aliphatic rings. The Kier molecular flexibility index (Phi) is 7.37. The van der Waals surface area contributed by atoms with Crippen LogP contribution in [0, 0.1) is 0 Å². The van der Waals surface area contributed by atoms with Gasteiger partial charge in [-0.05, 0) is 45.4 Å². The van der Waals surface area contributed by atoms with Crippen molar-refractivity contribution in [1.29, 1.82) is 0 Å². The highest BCUT2D eigenvalue weighted by Gasteiger charge is 2.44. The molecule has 11 heteroatoms. The van der Waals surface area contributed by atoms with Gasteiger partial charge in [-0.2, -0.15) is 0 Å². The minimum absolute atomic E-state index is 0.181. The number of carbonyl (C=O) groups is 5. The van der Waals surface area contributed by atoms with Crippen LogP contribution >= 0.6 is 0 Å². The monoisotopic (exact) mass is 452 g/mol. The summed E-state index contributed by atoms with van der Waals surface area (Å²) >= 11 is 0. The van der Waals surface area contributed by atoms with Crippen LogP contribution in [0.1, 0.15) is 52.4 Å². The van der Waals surface area contributed by atoms with Gasteiger partial charge in [0.15, 0.2) is 0 Å². The van der Waals surface area contributed by atoms with Crippen LogP contribution in [0.25, 0.3) is 0 Å². The van der Waals surface area contributed by atoms with E-state index in [1.165, 1.54) is 28.5 Å². The molecule has 3 rings (SSSR count). The predicted octanol–water partition coefficient (Wildman–Crippen LogP) is -1.07. The lowest BCUT2D eigenvalue weighted by Gasteiger charge is -2.32. The highest BCUT2D eigenvalue weighted by molar-refractivity contribution is 5.95. The molecule has 0 aromatic heterocycles. The number of nitrogens with one attached hydrogen (secondary N) is 1. The molecule has 3 saturated heterocycles. The van der Waals surface area contributed by atoms with Crippen molar-refractivity contribution < 1.29 is 34.2 Å². The third-order valence-electron chi connectivity index (χ3n) is 6.65. The van der Waals surface area contributed by atoms with E-state index < -0.39 is 48.1 Å². The van der Waals surface area contributed by atoms with Crippen molar-refractivity contribution in [2.24, 2.45) is 0 Å². The predicted molar refractivity (Wildman–Crippen MR) is 111 cm³/mol. The van der Waals surface area contributed by atoms with E-state index in [1.807, 2.05) is 0 Å². The maximum Gasteiger partial charge on any atom is 0.326 e. The first-order valence-electron chi connectivity index (χ1n) is 11.2. The van der Waals surface area contributed by atoms with Crippen molar-refractivity contribution in [3.8, 4) is 0 Å². The minimum atomic E-state index is -1.31. The molecule has 3 aliphatic heterocycles. The zero-order valence-corrected chi connectivity index (χ0v) is 18.5. The van der Waals surface area contributed by atoms with Gasteiger partial charge in [-0.3, -0.25) is 19.2 Å². The largest absolute Gasteiger partial charge is 0.480 e. The summed E-state index contributed by atoms with van der Waals surface area (Å²) in [5.41, 5.74) is 0. The van der Waals surface area contributed by atoms with Gasteiger partial charge in [0.25, 0.3) is 0 Å². The number of aliphatic carboxylic acids is 1. The van der Waals surface area contributed by atoms with Crippen LogP contribution in [0.2, 0.25) is 0 Å². The number of carbonyl (C=O) groups excluding carboxylic acids is 4. The molecule has 0 aliphatic carbocycles. The first kappa shape index (κ1) is 24.0. The van der Waals surface area contributed by atoms with Gasteiger partial charge in [0.2, 0.25) is 23.6 Å². The average molecular weight is 453 g/mol. The lowest BCUT2D eigenvalue weighted by atomic mass is 10.1. The van der Waals surface area contributed by atoms with E-state index in [-0.39, 0.29) is 18.4 Å². The van der Waals surface area contributed by atoms with E-state index in [4.69, 9.17) is 0 Å². The summed E-state index contributed by atoms with van der Waals surface area (Å²) in [6.45, 7) is 3.90. The molecule has 0 aromatic rings. The van der Waals surface area contributed by atoms with E-state index in [0.717, 1.165) is 6.42 Å². The number of carboxylic acids is 1. The summed E-state index contributed by atoms with van der Waals surface area (Å²) in [5, 5.41) is 22.1. The average Bonchev–Trinajstić information content (AvgIpc) is 3.49. The van der Waals surface area contributed by atoms with Crippen molar-refractivity contribution in [3.63, 3.8) is 0 Å². The van der Waals surface area contributed by atoms with Gasteiger partial charge >= 0.3 is 5.97 Å². The van der Waals surface area contributed by atoms with Crippen LogP contribution in [0.5, 0.6) is 0 Å². The van der Waals surface area contributed by atoms with Crippen LogP contribution in [-0.2, 0) is 24.0 Å². The Morgan fingerprint density at radius 2 is 1.38 bits per heavy atom. The lowest BCUT2D eigenvalue weighted by Crippen LogP contribution is -2.59. The van der Waals surface area contributed by atoms with Crippen LogP contribution in [-0.4, -0.2) is 104 Å². The van der Waals surface area contributed by atoms with Crippen molar-refractivity contribution in [2.75, 3.05) is 19.6 Å². The quantitative estimate of drug-likeness (QED) is 0.465. The fraction of sp³-hybridized carbons (Fsp3) is 0.762. The molecule has 3 fully saturated rings. The number of hydrogen-bond donors (Lipinski definition) is 3. The Balaban J connectivity index is 1.70. The minimum Gasteiger partial charge on any atom is -0.480 e. The van der Waals surface area contributed by atoms with Gasteiger partial charge in [-0.25, -0.2) is 4.79 Å². The molecule has 0 aromatic carbocycles. The smallest absolute Gasteiger partial charge is 0.326 e. The third kappa shape index (κ3) is 4.72. The molecule has 4 amide bonds. The van der Waals surface area contributed by atoms with Gasteiger partial charge in [0.1, 0.15) is 24.2 Å². The molecular weight excluding hydrogens is 420 g/mol. The second-order valence-electron chi connectivity index (χ2n) is 8.81. The number of likely N-dealkylation sites (tertiary alicyclic amines) is 3. The molecule has 0 saturated carbocycles. The summed E-state index contributed by atoms with van der Waals surface area (Å²) in [5.74, 6) is -2.79. The molecule has 0 unspecified atom stereocenters. The molecule has 3 heterocycles. The van der Waals surface area contributed by atoms with Crippen molar-refractivity contribution in [3.05, 3.63) is 0 Å². The molecule has 0 spiro atoms. The Labute approximate surface area is 186 Å². The Morgan fingerprint density at radius 3 is 1.94 bits per heavy atom. The number of nitrogens with zero attached hydrogens (tertiary/aromatic N) is 3. The van der Waals surface area contributed by atoms with Crippen molar-refractivity contribution >= 4 is 29.6 Å². The van der Waals surface area contributed by atoms with Crippen LogP contribution in [0.3, 0.4) is 0 Å². The van der Waals surface area contributed by atoms with Crippen LogP contribution in [0.4, 0.5) is 0 Å². The molecule has 32 heavy (non-hydrogen) atoms. The third-order valence-corrected chi connectivity index (χ3v) is 6.65. The van der Waals surface area contributed by atoms with E-state index >= 15 is 0 Å². The number of aliphatic hydroxyl groups excluding tert-OH is 1. The zero-order chi connectivity index (χ0) is 23.6. The molecule has 178 valence electrons. The fourth-order valence-electron chi connectivity index (χ4n) is 5.00. The van der Waals surface area contributed by atoms with Gasteiger partial charge in [-0.15, -0.1) is 0 Å². The van der Waals surface area contributed by atoms with Gasteiger partial charge in [-0.1, -0.05) is 0 Å². The maximum absolute atomic E-state index is 13.1. The molecule has 0 radical (unpaired) electrons. The summed E-state index contributed by atoms with van der Waals surface area (Å²) in [4.78, 5) is 66.6. The Hall–Kier alpha value is -2.69. The van der Waals surface area contributed by atoms with E-state index in [0.29, 0.717) is 45.2 Å². The summed E-state index contributed by atoms with van der Waals surface area (Å²) in [6.07, 6.45) is 1.89. The second-order valence-corrected chi connectivity index (χ2v) is 8.81. The Morgan fingerprint density at radius 1 is 0.844 bits per heavy atom. The fourth-order valence-corrected chi connectivity index (χ4v) is 5.00. The summed E-state index contributed by atoms with van der Waals surface area (Å²) < 4.78 is 0. The maximum atomic E-state index is 13.1. The second kappa shape index (κ2) is 9.85. The topological polar surface area (TPSA) is 148 Å². The number of hydrogen-bond acceptors (Lipinski definition) is 6. The SMILES string of the molecule is CC(=O)N1CCC[C@@H]1C(=O)N1CCC[C@H]1C(=O)N[C@H](C(=O)N1CCC[C@H]1C(=O)O)[C@@H](C)O. The van der Waals surface area contributed by atoms with Crippen LogP contribution < -0.4 is 5.32 Å². The highest BCUT2D eigenvalue weighted by Crippen LogP contribution is 2.25. The molecule has 0 bridgehead atoms. The van der Waals surface area contributed by atoms with E-state index in [9.17, 15) is 34.2 Å². The zero-order valence-electron chi connectivity index (χ0n) is 18.5. The highest BCUT2D eigenvalue weighted by atomic mass is 16.4. The van der Waals surface area contributed by atoms with Gasteiger partial charge < -0.3 is 30.2 Å². The van der Waals surface area contributed by atoms with E-state index in [2.05, 4.69) is 5.32 Å². The van der Waals surface area contributed by atoms with Crippen molar-refractivity contribution in [1.82, 2.24) is 20.0 Å². The molecule has 11 nitrogen and oxygen atoms in total. The number of amides is 4. The Bertz CT molecular complexity index is 786.